The molecule has 2 fully saturated rings. The Balaban J connectivity index is 1.71. The summed E-state index contributed by atoms with van der Waals surface area (Å²) in [5.74, 6) is 0.700. The van der Waals surface area contributed by atoms with Crippen LogP contribution in [0.15, 0.2) is 22.9 Å². The zero-order chi connectivity index (χ0) is 18.2. The van der Waals surface area contributed by atoms with Gasteiger partial charge in [-0.1, -0.05) is 18.6 Å². The predicted octanol–water partition coefficient (Wildman–Crippen LogP) is 1.88. The summed E-state index contributed by atoms with van der Waals surface area (Å²) in [4.78, 5) is 7.17. The zero-order valence-electron chi connectivity index (χ0n) is 15.2. The van der Waals surface area contributed by atoms with Crippen molar-refractivity contribution in [3.63, 3.8) is 0 Å². The van der Waals surface area contributed by atoms with Crippen molar-refractivity contribution in [1.29, 1.82) is 0 Å². The van der Waals surface area contributed by atoms with E-state index in [0.29, 0.717) is 45.2 Å². The number of nitrogens with zero attached hydrogens (tertiary/aromatic N) is 2. The normalized spacial score (nSPS) is 30.7. The smallest absolute Gasteiger partial charge is 0.260 e. The van der Waals surface area contributed by atoms with Crippen LogP contribution in [0.4, 0.5) is 0 Å². The van der Waals surface area contributed by atoms with Gasteiger partial charge in [0.1, 0.15) is 5.82 Å². The lowest BCUT2D eigenvalue weighted by Gasteiger charge is -2.53. The van der Waals surface area contributed by atoms with Crippen molar-refractivity contribution in [2.75, 3.05) is 33.0 Å². The van der Waals surface area contributed by atoms with Crippen molar-refractivity contribution in [3.05, 3.63) is 23.7 Å². The first kappa shape index (κ1) is 18.2. The predicted molar refractivity (Wildman–Crippen MR) is 96.3 cm³/mol. The van der Waals surface area contributed by atoms with Crippen molar-refractivity contribution in [2.45, 2.75) is 50.1 Å². The van der Waals surface area contributed by atoms with Gasteiger partial charge in [-0.3, -0.25) is 0 Å². The Labute approximate surface area is 154 Å². The molecule has 0 aromatic carbocycles. The number of aryl methyl sites for hydroxylation is 1. The Morgan fingerprint density at radius 3 is 3.00 bits per heavy atom. The highest BCUT2D eigenvalue weighted by Gasteiger charge is 2.52. The zero-order valence-corrected chi connectivity index (χ0v) is 16.1. The number of H-pyrrole nitrogens is 1. The number of piperidine rings is 1. The van der Waals surface area contributed by atoms with E-state index in [0.717, 1.165) is 25.7 Å². The molecule has 7 nitrogen and oxygen atoms in total. The second-order valence-corrected chi connectivity index (χ2v) is 9.19. The van der Waals surface area contributed by atoms with E-state index in [4.69, 9.17) is 9.47 Å². The van der Waals surface area contributed by atoms with Crippen molar-refractivity contribution in [3.8, 4) is 0 Å². The number of hydrogen-bond donors (Lipinski definition) is 1. The summed E-state index contributed by atoms with van der Waals surface area (Å²) in [7, 11) is -3.60. The summed E-state index contributed by atoms with van der Waals surface area (Å²) in [5, 5.41) is 0.206. The summed E-state index contributed by atoms with van der Waals surface area (Å²) >= 11 is 0. The Hall–Kier alpha value is -1.22. The lowest BCUT2D eigenvalue weighted by atomic mass is 9.66. The van der Waals surface area contributed by atoms with E-state index in [2.05, 4.69) is 16.0 Å². The third-order valence-corrected chi connectivity index (χ3v) is 7.83. The average molecular weight is 381 g/mol. The second kappa shape index (κ2) is 7.07. The molecule has 0 spiro atoms. The van der Waals surface area contributed by atoms with Crippen LogP contribution in [0, 0.1) is 5.41 Å². The van der Waals surface area contributed by atoms with E-state index in [1.807, 2.05) is 6.92 Å². The minimum atomic E-state index is -3.60. The first-order chi connectivity index (χ1) is 12.6. The molecule has 3 aliphatic rings. The Morgan fingerprint density at radius 1 is 1.38 bits per heavy atom. The molecule has 3 aliphatic heterocycles. The number of hydrogen-bond acceptors (Lipinski definition) is 5. The third kappa shape index (κ3) is 2.93. The number of sulfonamides is 1. The Morgan fingerprint density at radius 2 is 2.27 bits per heavy atom. The number of aromatic amines is 1. The van der Waals surface area contributed by atoms with Crippen LogP contribution in [0.5, 0.6) is 0 Å². The third-order valence-electron chi connectivity index (χ3n) is 6.01. The van der Waals surface area contributed by atoms with Crippen LogP contribution in [0.25, 0.3) is 0 Å². The fourth-order valence-electron chi connectivity index (χ4n) is 4.70. The monoisotopic (exact) mass is 381 g/mol. The topological polar surface area (TPSA) is 84.5 Å². The van der Waals surface area contributed by atoms with Gasteiger partial charge in [0.05, 0.1) is 26.0 Å². The molecule has 1 aromatic heterocycles. The minimum Gasteiger partial charge on any atom is -0.380 e. The van der Waals surface area contributed by atoms with E-state index in [1.165, 1.54) is 11.8 Å². The van der Waals surface area contributed by atoms with Crippen molar-refractivity contribution in [1.82, 2.24) is 14.3 Å². The SMILES string of the molecule is CCc1ncc(S(=O)(=O)N2CCC[C@@]3(C4=CCOCC4)COCC[C@H]23)[nH]1. The van der Waals surface area contributed by atoms with E-state index in [1.54, 1.807) is 4.31 Å². The van der Waals surface area contributed by atoms with Crippen LogP contribution in [-0.2, 0) is 25.9 Å². The van der Waals surface area contributed by atoms with Gasteiger partial charge >= 0.3 is 0 Å². The second-order valence-electron chi connectivity index (χ2n) is 7.33. The van der Waals surface area contributed by atoms with Crippen LogP contribution < -0.4 is 0 Å². The van der Waals surface area contributed by atoms with Gasteiger partial charge in [-0.05, 0) is 25.7 Å². The number of nitrogens with one attached hydrogen (secondary N) is 1. The van der Waals surface area contributed by atoms with Crippen LogP contribution >= 0.6 is 0 Å². The highest BCUT2D eigenvalue weighted by Crippen LogP contribution is 2.49. The van der Waals surface area contributed by atoms with Gasteiger partial charge in [0.2, 0.25) is 0 Å². The summed E-state index contributed by atoms with van der Waals surface area (Å²) in [6, 6.07) is -0.0623. The lowest BCUT2D eigenvalue weighted by Crippen LogP contribution is -2.59. The highest BCUT2D eigenvalue weighted by molar-refractivity contribution is 7.89. The van der Waals surface area contributed by atoms with Gasteiger partial charge in [0, 0.05) is 31.0 Å². The standard InChI is InChI=1S/C18H27N3O4S/c1-2-16-19-12-17(20-16)26(22,23)21-8-3-7-18(13-25-11-6-15(18)21)14-4-9-24-10-5-14/h4,12,15H,2-3,5-11,13H2,1H3,(H,19,20)/t15-,18-/m0/s1. The molecule has 2 atom stereocenters. The van der Waals surface area contributed by atoms with E-state index in [-0.39, 0.29) is 16.5 Å². The summed E-state index contributed by atoms with van der Waals surface area (Å²) in [6.07, 6.45) is 7.68. The molecule has 4 heterocycles. The lowest BCUT2D eigenvalue weighted by molar-refractivity contribution is -0.0605. The molecule has 26 heavy (non-hydrogen) atoms. The molecule has 0 amide bonds. The highest BCUT2D eigenvalue weighted by atomic mass is 32.2. The van der Waals surface area contributed by atoms with Gasteiger partial charge in [-0.25, -0.2) is 13.4 Å². The maximum absolute atomic E-state index is 13.4. The maximum Gasteiger partial charge on any atom is 0.260 e. The minimum absolute atomic E-state index is 0.0623. The quantitative estimate of drug-likeness (QED) is 0.805. The van der Waals surface area contributed by atoms with Crippen molar-refractivity contribution in [2.24, 2.45) is 5.41 Å². The van der Waals surface area contributed by atoms with Gasteiger partial charge in [0.25, 0.3) is 10.0 Å². The molecule has 0 bridgehead atoms. The molecule has 0 unspecified atom stereocenters. The Kier molecular flexibility index (Phi) is 4.94. The molecule has 1 aromatic rings. The maximum atomic E-state index is 13.4. The van der Waals surface area contributed by atoms with Crippen LogP contribution in [0.3, 0.4) is 0 Å². The first-order valence-electron chi connectivity index (χ1n) is 9.48. The average Bonchev–Trinajstić information content (AvgIpc) is 3.18. The van der Waals surface area contributed by atoms with Gasteiger partial charge in [-0.2, -0.15) is 4.31 Å². The number of fused-ring (bicyclic) bond motifs is 1. The molecule has 0 aliphatic carbocycles. The number of aromatic nitrogens is 2. The molecule has 0 saturated carbocycles. The van der Waals surface area contributed by atoms with E-state index < -0.39 is 10.0 Å². The van der Waals surface area contributed by atoms with E-state index >= 15 is 0 Å². The fraction of sp³-hybridized carbons (Fsp3) is 0.722. The molecule has 8 heteroatoms. The summed E-state index contributed by atoms with van der Waals surface area (Å²) in [5.41, 5.74) is 1.09. The molecular weight excluding hydrogens is 354 g/mol. The number of imidazole rings is 1. The molecule has 4 rings (SSSR count). The molecule has 1 N–H and O–H groups in total. The molecule has 0 radical (unpaired) electrons. The van der Waals surface area contributed by atoms with Crippen LogP contribution in [-0.4, -0.2) is 61.7 Å². The molecular formula is C18H27N3O4S. The fourth-order valence-corrected chi connectivity index (χ4v) is 6.40. The van der Waals surface area contributed by atoms with Crippen molar-refractivity contribution >= 4 is 10.0 Å². The Bertz CT molecular complexity index is 784. The number of ether oxygens (including phenoxy) is 2. The van der Waals surface area contributed by atoms with E-state index in [9.17, 15) is 8.42 Å². The first-order valence-corrected chi connectivity index (χ1v) is 10.9. The largest absolute Gasteiger partial charge is 0.380 e. The van der Waals surface area contributed by atoms with Crippen LogP contribution in [0.1, 0.15) is 38.4 Å². The molecule has 2 saturated heterocycles. The van der Waals surface area contributed by atoms with Gasteiger partial charge in [0.15, 0.2) is 5.03 Å². The van der Waals surface area contributed by atoms with Gasteiger partial charge in [-0.15, -0.1) is 0 Å². The number of rotatable bonds is 4. The molecule has 144 valence electrons. The van der Waals surface area contributed by atoms with Crippen molar-refractivity contribution < 1.29 is 17.9 Å². The van der Waals surface area contributed by atoms with Gasteiger partial charge < -0.3 is 14.5 Å². The summed E-state index contributed by atoms with van der Waals surface area (Å²) < 4.78 is 39.8. The van der Waals surface area contributed by atoms with Crippen LogP contribution in [0.2, 0.25) is 0 Å². The summed E-state index contributed by atoms with van der Waals surface area (Å²) in [6.45, 7) is 5.02.